The minimum atomic E-state index is -0.824. The molecule has 0 saturated heterocycles. The summed E-state index contributed by atoms with van der Waals surface area (Å²) in [7, 11) is 0. The minimum Gasteiger partial charge on any atom is -0.490 e. The second-order valence-electron chi connectivity index (χ2n) is 10.9. The number of ether oxygens (including phenoxy) is 3. The Kier molecular flexibility index (Phi) is 12.2. The Morgan fingerprint density at radius 1 is 1.13 bits per heavy atom. The van der Waals surface area contributed by atoms with Crippen molar-refractivity contribution in [1.82, 2.24) is 5.32 Å². The number of nitrogens with one attached hydrogen (secondary N) is 2. The van der Waals surface area contributed by atoms with E-state index in [2.05, 4.69) is 10.6 Å². The number of unbranched alkanes of at least 4 members (excludes halogenated alkanes) is 1. The van der Waals surface area contributed by atoms with Gasteiger partial charge in [-0.2, -0.15) is 0 Å². The highest BCUT2D eigenvalue weighted by Crippen LogP contribution is 2.39. The van der Waals surface area contributed by atoms with Crippen molar-refractivity contribution in [3.8, 4) is 11.5 Å². The summed E-state index contributed by atoms with van der Waals surface area (Å²) in [5.74, 6) is -0.922. The first-order chi connectivity index (χ1) is 18.4. The molecule has 0 heterocycles. The summed E-state index contributed by atoms with van der Waals surface area (Å²) in [5.41, 5.74) is -0.842. The second-order valence-corrected chi connectivity index (χ2v) is 10.9. The Morgan fingerprint density at radius 2 is 1.79 bits per heavy atom. The van der Waals surface area contributed by atoms with Gasteiger partial charge in [-0.3, -0.25) is 5.32 Å². The molecule has 0 saturated carbocycles. The number of carbonyl (C=O) groups is 2. The van der Waals surface area contributed by atoms with Crippen molar-refractivity contribution in [2.75, 3.05) is 18.5 Å². The third kappa shape index (κ3) is 9.82. The average molecular weight is 547 g/mol. The van der Waals surface area contributed by atoms with Crippen LogP contribution in [0.25, 0.3) is 0 Å². The van der Waals surface area contributed by atoms with Gasteiger partial charge in [-0.15, -0.1) is 0 Å². The van der Waals surface area contributed by atoms with Gasteiger partial charge in [0.1, 0.15) is 22.7 Å². The number of halogens is 1. The van der Waals surface area contributed by atoms with Gasteiger partial charge in [0.2, 0.25) is 0 Å². The molecule has 0 aliphatic rings. The quantitative estimate of drug-likeness (QED) is 0.152. The molecule has 2 rings (SSSR count). The van der Waals surface area contributed by atoms with Crippen molar-refractivity contribution in [3.05, 3.63) is 52.8 Å². The first kappa shape index (κ1) is 32.0. The highest BCUT2D eigenvalue weighted by Gasteiger charge is 2.31. The fourth-order valence-electron chi connectivity index (χ4n) is 3.98. The van der Waals surface area contributed by atoms with E-state index in [-0.39, 0.29) is 59.7 Å². The molecular formula is C30H43FN2O6. The lowest BCUT2D eigenvalue weighted by atomic mass is 9.98. The molecule has 0 bridgehead atoms. The van der Waals surface area contributed by atoms with Crippen LogP contribution in [-0.2, 0) is 11.3 Å². The SMILES string of the molecule is CCCCOc1c(NC(=O)OC(C)(C)C)c(CN[C@@H](CO)CC(C)C)c(F)c(C)c1C(=O)Oc1ccccc1. The predicted molar refractivity (Wildman–Crippen MR) is 150 cm³/mol. The smallest absolute Gasteiger partial charge is 0.412 e. The minimum absolute atomic E-state index is 0.00958. The van der Waals surface area contributed by atoms with Gasteiger partial charge in [0, 0.05) is 23.7 Å². The summed E-state index contributed by atoms with van der Waals surface area (Å²) in [6.45, 7) is 12.7. The highest BCUT2D eigenvalue weighted by atomic mass is 19.1. The zero-order valence-electron chi connectivity index (χ0n) is 24.2. The van der Waals surface area contributed by atoms with Crippen LogP contribution in [0.5, 0.6) is 11.5 Å². The number of amides is 1. The van der Waals surface area contributed by atoms with E-state index in [0.717, 1.165) is 6.42 Å². The molecule has 0 aliphatic carbocycles. The maximum absolute atomic E-state index is 16.0. The lowest BCUT2D eigenvalue weighted by molar-refractivity contribution is 0.0632. The van der Waals surface area contributed by atoms with Crippen LogP contribution in [0.2, 0.25) is 0 Å². The van der Waals surface area contributed by atoms with Crippen molar-refractivity contribution in [2.24, 2.45) is 5.92 Å². The molecule has 2 aromatic rings. The first-order valence-electron chi connectivity index (χ1n) is 13.5. The zero-order chi connectivity index (χ0) is 29.2. The monoisotopic (exact) mass is 546 g/mol. The number of benzene rings is 2. The molecule has 39 heavy (non-hydrogen) atoms. The standard InChI is InChI=1S/C30H43FN2O6/c1-8-9-15-37-27-24(28(35)38-22-13-11-10-12-14-22)20(4)25(31)23(17-32-21(18-34)16-19(2)3)26(27)33-29(36)39-30(5,6)7/h10-14,19,21,32,34H,8-9,15-18H2,1-7H3,(H,33,36)/t21-/m1/s1. The number of carbonyl (C=O) groups excluding carboxylic acids is 2. The molecule has 9 heteroatoms. The molecule has 3 N–H and O–H groups in total. The van der Waals surface area contributed by atoms with Crippen LogP contribution in [-0.4, -0.2) is 42.0 Å². The molecule has 0 aromatic heterocycles. The van der Waals surface area contributed by atoms with Crippen molar-refractivity contribution in [1.29, 1.82) is 0 Å². The number of rotatable bonds is 13. The number of hydrogen-bond acceptors (Lipinski definition) is 7. The number of hydrogen-bond donors (Lipinski definition) is 3. The molecule has 1 atom stereocenters. The molecule has 0 spiro atoms. The average Bonchev–Trinajstić information content (AvgIpc) is 2.85. The number of anilines is 1. The summed E-state index contributed by atoms with van der Waals surface area (Å²) in [6, 6.07) is 8.14. The van der Waals surface area contributed by atoms with E-state index in [1.165, 1.54) is 6.92 Å². The molecule has 0 aliphatic heterocycles. The van der Waals surface area contributed by atoms with Crippen LogP contribution in [0, 0.1) is 18.7 Å². The number of esters is 1. The summed E-state index contributed by atoms with van der Waals surface area (Å²) in [4.78, 5) is 26.3. The molecule has 216 valence electrons. The van der Waals surface area contributed by atoms with E-state index >= 15 is 4.39 Å². The van der Waals surface area contributed by atoms with Gasteiger partial charge in [0.25, 0.3) is 0 Å². The van der Waals surface area contributed by atoms with Crippen molar-refractivity contribution >= 4 is 17.7 Å². The van der Waals surface area contributed by atoms with E-state index in [9.17, 15) is 14.7 Å². The van der Waals surface area contributed by atoms with Gasteiger partial charge in [-0.05, 0) is 58.6 Å². The van der Waals surface area contributed by atoms with Gasteiger partial charge in [0.15, 0.2) is 5.75 Å². The molecule has 2 aromatic carbocycles. The molecular weight excluding hydrogens is 503 g/mol. The Bertz CT molecular complexity index is 1100. The number of aliphatic hydroxyl groups excluding tert-OH is 1. The van der Waals surface area contributed by atoms with E-state index in [4.69, 9.17) is 14.2 Å². The Hall–Kier alpha value is -3.17. The van der Waals surface area contributed by atoms with E-state index in [0.29, 0.717) is 18.8 Å². The third-order valence-electron chi connectivity index (χ3n) is 5.80. The zero-order valence-corrected chi connectivity index (χ0v) is 24.2. The van der Waals surface area contributed by atoms with Gasteiger partial charge in [-0.25, -0.2) is 14.0 Å². The summed E-state index contributed by atoms with van der Waals surface area (Å²) in [6.07, 6.45) is 1.33. The van der Waals surface area contributed by atoms with Crippen LogP contribution in [0.4, 0.5) is 14.9 Å². The normalized spacial score (nSPS) is 12.3. The van der Waals surface area contributed by atoms with E-state index < -0.39 is 23.5 Å². The molecule has 0 fully saturated rings. The second kappa shape index (κ2) is 14.8. The molecule has 0 unspecified atom stereocenters. The Labute approximate surface area is 231 Å². The van der Waals surface area contributed by atoms with Crippen LogP contribution in [0.3, 0.4) is 0 Å². The largest absolute Gasteiger partial charge is 0.490 e. The van der Waals surface area contributed by atoms with Crippen molar-refractivity contribution in [3.63, 3.8) is 0 Å². The fourth-order valence-corrected chi connectivity index (χ4v) is 3.98. The van der Waals surface area contributed by atoms with Crippen LogP contribution >= 0.6 is 0 Å². The van der Waals surface area contributed by atoms with E-state index in [1.54, 1.807) is 51.1 Å². The predicted octanol–water partition coefficient (Wildman–Crippen LogP) is 6.38. The molecule has 0 radical (unpaired) electrons. The summed E-state index contributed by atoms with van der Waals surface area (Å²) >= 11 is 0. The van der Waals surface area contributed by atoms with Gasteiger partial charge >= 0.3 is 12.1 Å². The Balaban J connectivity index is 2.66. The van der Waals surface area contributed by atoms with Crippen molar-refractivity contribution in [2.45, 2.75) is 85.9 Å². The Morgan fingerprint density at radius 3 is 2.36 bits per heavy atom. The summed E-state index contributed by atoms with van der Waals surface area (Å²) < 4.78 is 33.1. The van der Waals surface area contributed by atoms with Gasteiger partial charge in [0.05, 0.1) is 18.9 Å². The maximum Gasteiger partial charge on any atom is 0.412 e. The number of para-hydroxylation sites is 1. The van der Waals surface area contributed by atoms with Crippen molar-refractivity contribution < 1.29 is 33.3 Å². The lowest BCUT2D eigenvalue weighted by Gasteiger charge is -2.25. The molecule has 1 amide bonds. The van der Waals surface area contributed by atoms with Gasteiger partial charge < -0.3 is 24.6 Å². The van der Waals surface area contributed by atoms with Crippen LogP contribution in [0.15, 0.2) is 30.3 Å². The topological polar surface area (TPSA) is 106 Å². The van der Waals surface area contributed by atoms with Crippen LogP contribution < -0.4 is 20.1 Å². The summed E-state index contributed by atoms with van der Waals surface area (Å²) in [5, 5.41) is 15.7. The van der Waals surface area contributed by atoms with E-state index in [1.807, 2.05) is 20.8 Å². The third-order valence-corrected chi connectivity index (χ3v) is 5.80. The highest BCUT2D eigenvalue weighted by molar-refractivity contribution is 6.00. The fraction of sp³-hybridized carbons (Fsp3) is 0.533. The molecule has 8 nitrogen and oxygen atoms in total. The lowest BCUT2D eigenvalue weighted by Crippen LogP contribution is -2.34. The maximum atomic E-state index is 16.0. The number of aliphatic hydroxyl groups is 1. The first-order valence-corrected chi connectivity index (χ1v) is 13.5. The van der Waals surface area contributed by atoms with Crippen LogP contribution in [0.1, 0.15) is 82.3 Å². The van der Waals surface area contributed by atoms with Gasteiger partial charge in [-0.1, -0.05) is 45.4 Å².